The third-order valence-electron chi connectivity index (χ3n) is 6.89. The third-order valence-corrected chi connectivity index (χ3v) is 8.47. The van der Waals surface area contributed by atoms with E-state index in [4.69, 9.17) is 16.6 Å². The normalized spacial score (nSPS) is 21.5. The summed E-state index contributed by atoms with van der Waals surface area (Å²) in [6.07, 6.45) is 6.42. The second-order valence-electron chi connectivity index (χ2n) is 8.99. The van der Waals surface area contributed by atoms with E-state index in [9.17, 15) is 13.2 Å². The van der Waals surface area contributed by atoms with Crippen LogP contribution >= 0.6 is 11.6 Å². The van der Waals surface area contributed by atoms with Crippen LogP contribution in [0.1, 0.15) is 37.2 Å². The Morgan fingerprint density at radius 1 is 1.14 bits per heavy atom. The summed E-state index contributed by atoms with van der Waals surface area (Å²) in [4.78, 5) is 37.1. The number of anilines is 1. The van der Waals surface area contributed by atoms with Crippen LogP contribution in [0, 0.1) is 0 Å². The van der Waals surface area contributed by atoms with E-state index in [2.05, 4.69) is 24.8 Å². The molecule has 2 atom stereocenters. The van der Waals surface area contributed by atoms with Crippen molar-refractivity contribution in [1.82, 2.24) is 33.8 Å². The number of nitrogens with zero attached hydrogens (tertiary/aromatic N) is 7. The van der Waals surface area contributed by atoms with Crippen LogP contribution < -0.4 is 10.5 Å². The zero-order valence-corrected chi connectivity index (χ0v) is 20.5. The van der Waals surface area contributed by atoms with Crippen LogP contribution in [-0.2, 0) is 10.0 Å². The number of imidazole rings is 1. The van der Waals surface area contributed by atoms with Crippen molar-refractivity contribution in [2.75, 3.05) is 30.8 Å². The number of nitrogens with one attached hydrogen (secondary N) is 1. The molecule has 6 rings (SSSR count). The molecule has 2 aliphatic heterocycles. The zero-order valence-electron chi connectivity index (χ0n) is 18.9. The number of rotatable bonds is 4. The van der Waals surface area contributed by atoms with E-state index < -0.39 is 10.0 Å². The van der Waals surface area contributed by atoms with Crippen molar-refractivity contribution in [3.05, 3.63) is 52.1 Å². The Bertz CT molecular complexity index is 1620. The van der Waals surface area contributed by atoms with Gasteiger partial charge in [0.15, 0.2) is 11.5 Å². The molecule has 0 saturated carbocycles. The van der Waals surface area contributed by atoms with E-state index in [0.717, 1.165) is 12.8 Å². The van der Waals surface area contributed by atoms with Gasteiger partial charge in [-0.3, -0.25) is 9.36 Å². The summed E-state index contributed by atoms with van der Waals surface area (Å²) >= 11 is 6.43. The number of sulfonamides is 1. The lowest BCUT2D eigenvalue weighted by molar-refractivity contribution is 0.432. The van der Waals surface area contributed by atoms with Gasteiger partial charge >= 0.3 is 0 Å². The van der Waals surface area contributed by atoms with Gasteiger partial charge in [-0.05, 0) is 31.4 Å². The number of hydrogen-bond donors (Lipinski definition) is 1. The Morgan fingerprint density at radius 3 is 2.80 bits per heavy atom. The highest BCUT2D eigenvalue weighted by atomic mass is 35.5. The Kier molecular flexibility index (Phi) is 5.27. The van der Waals surface area contributed by atoms with E-state index >= 15 is 0 Å². The van der Waals surface area contributed by atoms with Gasteiger partial charge in [-0.25, -0.2) is 32.7 Å². The molecule has 5 heterocycles. The van der Waals surface area contributed by atoms with Crippen LogP contribution in [0.15, 0.2) is 35.6 Å². The molecule has 13 heteroatoms. The molecule has 3 aromatic heterocycles. The number of fused-ring (bicyclic) bond motifs is 2. The first-order valence-corrected chi connectivity index (χ1v) is 13.6. The molecule has 2 aliphatic rings. The average molecular weight is 515 g/mol. The highest BCUT2D eigenvalue weighted by Gasteiger charge is 2.37. The first kappa shape index (κ1) is 22.4. The molecule has 4 aromatic rings. The predicted molar refractivity (Wildman–Crippen MR) is 132 cm³/mol. The van der Waals surface area contributed by atoms with Gasteiger partial charge < -0.3 is 9.88 Å². The average Bonchev–Trinajstić information content (AvgIpc) is 3.58. The van der Waals surface area contributed by atoms with E-state index in [-0.39, 0.29) is 24.2 Å². The largest absolute Gasteiger partial charge is 0.344 e. The summed E-state index contributed by atoms with van der Waals surface area (Å²) in [5, 5.41) is 0.674. The number of halogens is 1. The standard InChI is InChI=1S/C22H23ClN8O3S/c1-35(33,34)29-9-7-13(10-29)31-20(28-15-5-2-4-14(23)17(15)22(31)32)16-6-3-8-30(16)21-18-19(25-11-24-18)26-12-27-21/h2,4-5,11-13,16H,3,6-10H2,1H3,(H,24,25,26,27)/t13-,16+/m1/s1. The van der Waals surface area contributed by atoms with Gasteiger partial charge in [0.2, 0.25) is 10.0 Å². The van der Waals surface area contributed by atoms with Crippen LogP contribution in [0.3, 0.4) is 0 Å². The number of hydrogen-bond acceptors (Lipinski definition) is 8. The molecular weight excluding hydrogens is 492 g/mol. The first-order chi connectivity index (χ1) is 16.8. The monoisotopic (exact) mass is 514 g/mol. The van der Waals surface area contributed by atoms with Crippen molar-refractivity contribution >= 4 is 49.5 Å². The van der Waals surface area contributed by atoms with Crippen LogP contribution in [0.4, 0.5) is 5.82 Å². The van der Waals surface area contributed by atoms with Crippen LogP contribution in [0.5, 0.6) is 0 Å². The second-order valence-corrected chi connectivity index (χ2v) is 11.4. The topological polar surface area (TPSA) is 130 Å². The Balaban J connectivity index is 1.54. The number of aromatic nitrogens is 6. The summed E-state index contributed by atoms with van der Waals surface area (Å²) in [5.74, 6) is 1.26. The van der Waals surface area contributed by atoms with Crippen molar-refractivity contribution in [2.24, 2.45) is 0 Å². The zero-order chi connectivity index (χ0) is 24.3. The maximum absolute atomic E-state index is 13.9. The summed E-state index contributed by atoms with van der Waals surface area (Å²) in [6.45, 7) is 1.28. The fourth-order valence-electron chi connectivity index (χ4n) is 5.28. The minimum atomic E-state index is -3.38. The minimum Gasteiger partial charge on any atom is -0.344 e. The van der Waals surface area contributed by atoms with Crippen molar-refractivity contribution in [3.63, 3.8) is 0 Å². The number of aromatic amines is 1. The molecule has 182 valence electrons. The predicted octanol–water partition coefficient (Wildman–Crippen LogP) is 2.26. The van der Waals surface area contributed by atoms with E-state index in [0.29, 0.717) is 58.2 Å². The maximum atomic E-state index is 13.9. The molecular formula is C22H23ClN8O3S. The van der Waals surface area contributed by atoms with E-state index in [1.54, 1.807) is 29.1 Å². The fourth-order valence-corrected chi connectivity index (χ4v) is 6.41. The van der Waals surface area contributed by atoms with Gasteiger partial charge in [0.05, 0.1) is 40.6 Å². The smallest absolute Gasteiger partial charge is 0.263 e. The number of benzene rings is 1. The van der Waals surface area contributed by atoms with E-state index in [1.165, 1.54) is 16.9 Å². The van der Waals surface area contributed by atoms with Crippen molar-refractivity contribution in [2.45, 2.75) is 31.3 Å². The number of H-pyrrole nitrogens is 1. The molecule has 35 heavy (non-hydrogen) atoms. The molecule has 2 fully saturated rings. The van der Waals surface area contributed by atoms with Crippen LogP contribution in [0.2, 0.25) is 5.02 Å². The van der Waals surface area contributed by atoms with Gasteiger partial charge in [0.1, 0.15) is 17.7 Å². The minimum absolute atomic E-state index is 0.215. The van der Waals surface area contributed by atoms with Gasteiger partial charge in [-0.15, -0.1) is 0 Å². The van der Waals surface area contributed by atoms with Gasteiger partial charge in [0, 0.05) is 19.6 Å². The highest BCUT2D eigenvalue weighted by molar-refractivity contribution is 7.88. The molecule has 2 saturated heterocycles. The van der Waals surface area contributed by atoms with Crippen molar-refractivity contribution < 1.29 is 8.42 Å². The maximum Gasteiger partial charge on any atom is 0.263 e. The Morgan fingerprint density at radius 2 is 2.00 bits per heavy atom. The lowest BCUT2D eigenvalue weighted by atomic mass is 10.1. The summed E-state index contributed by atoms with van der Waals surface area (Å²) in [6, 6.07) is 4.64. The Labute approximate surface area is 205 Å². The molecule has 0 bridgehead atoms. The van der Waals surface area contributed by atoms with E-state index in [1.807, 2.05) is 0 Å². The molecule has 0 radical (unpaired) electrons. The fraction of sp³-hybridized carbons (Fsp3) is 0.409. The molecule has 0 aliphatic carbocycles. The lowest BCUT2D eigenvalue weighted by Crippen LogP contribution is -2.36. The SMILES string of the molecule is CS(=O)(=O)N1CC[C@@H](n2c([C@@H]3CCCN3c3ncnc4[nH]cnc34)nc3cccc(Cl)c3c2=O)C1. The Hall–Kier alpha value is -3.09. The highest BCUT2D eigenvalue weighted by Crippen LogP contribution is 2.38. The van der Waals surface area contributed by atoms with Gasteiger partial charge in [-0.2, -0.15) is 0 Å². The van der Waals surface area contributed by atoms with Crippen molar-refractivity contribution in [1.29, 1.82) is 0 Å². The molecule has 0 unspecified atom stereocenters. The molecule has 0 amide bonds. The summed E-state index contributed by atoms with van der Waals surface area (Å²) in [5.41, 5.74) is 1.55. The second kappa shape index (κ2) is 8.25. The van der Waals surface area contributed by atoms with Crippen LogP contribution in [0.25, 0.3) is 22.1 Å². The lowest BCUT2D eigenvalue weighted by Gasteiger charge is -2.29. The third kappa shape index (κ3) is 3.67. The molecule has 1 N–H and O–H groups in total. The van der Waals surface area contributed by atoms with Crippen LogP contribution in [-0.4, -0.2) is 68.1 Å². The summed E-state index contributed by atoms with van der Waals surface area (Å²) in [7, 11) is -3.38. The molecule has 0 spiro atoms. The summed E-state index contributed by atoms with van der Waals surface area (Å²) < 4.78 is 27.5. The van der Waals surface area contributed by atoms with Crippen molar-refractivity contribution in [3.8, 4) is 0 Å². The molecule has 1 aromatic carbocycles. The first-order valence-electron chi connectivity index (χ1n) is 11.4. The molecule has 11 nitrogen and oxygen atoms in total. The van der Waals surface area contributed by atoms with Gasteiger partial charge in [0.25, 0.3) is 5.56 Å². The quantitative estimate of drug-likeness (QED) is 0.439. The van der Waals surface area contributed by atoms with Gasteiger partial charge in [-0.1, -0.05) is 17.7 Å².